The smallest absolute Gasteiger partial charge is 0.227 e. The van der Waals surface area contributed by atoms with E-state index < -0.39 is 0 Å². The summed E-state index contributed by atoms with van der Waals surface area (Å²) >= 11 is 6.08. The van der Waals surface area contributed by atoms with Gasteiger partial charge in [0.15, 0.2) is 0 Å². The number of nitrogens with zero attached hydrogens (tertiary/aromatic N) is 1. The van der Waals surface area contributed by atoms with Crippen LogP contribution in [0.1, 0.15) is 17.5 Å². The van der Waals surface area contributed by atoms with Gasteiger partial charge in [-0.3, -0.25) is 4.79 Å². The van der Waals surface area contributed by atoms with Crippen molar-refractivity contribution in [2.75, 3.05) is 13.1 Å². The first-order chi connectivity index (χ1) is 13.7. The lowest BCUT2D eigenvalue weighted by Crippen LogP contribution is -2.35. The predicted octanol–water partition coefficient (Wildman–Crippen LogP) is 5.16. The van der Waals surface area contributed by atoms with E-state index in [0.29, 0.717) is 13.0 Å². The molecule has 28 heavy (non-hydrogen) atoms. The van der Waals surface area contributed by atoms with Gasteiger partial charge >= 0.3 is 0 Å². The summed E-state index contributed by atoms with van der Waals surface area (Å²) in [4.78, 5) is 21.3. The fraction of sp³-hybridized carbons (Fsp3) is 0.174. The van der Waals surface area contributed by atoms with E-state index in [-0.39, 0.29) is 5.91 Å². The van der Waals surface area contributed by atoms with Crippen LogP contribution in [0, 0.1) is 0 Å². The molecule has 3 heterocycles. The molecule has 0 radical (unpaired) electrons. The van der Waals surface area contributed by atoms with Gasteiger partial charge in [-0.05, 0) is 35.8 Å². The van der Waals surface area contributed by atoms with Crippen LogP contribution in [0.4, 0.5) is 0 Å². The normalized spacial score (nSPS) is 14.6. The molecule has 140 valence electrons. The largest absolute Gasteiger partial charge is 0.361 e. The minimum Gasteiger partial charge on any atom is -0.361 e. The first kappa shape index (κ1) is 17.1. The number of carbonyl (C=O) groups is 1. The minimum atomic E-state index is 0.172. The molecule has 0 saturated heterocycles. The highest BCUT2D eigenvalue weighted by Gasteiger charge is 2.20. The van der Waals surface area contributed by atoms with Gasteiger partial charge in [-0.15, -0.1) is 0 Å². The van der Waals surface area contributed by atoms with Crippen LogP contribution < -0.4 is 0 Å². The molecule has 4 aromatic rings. The van der Waals surface area contributed by atoms with Crippen molar-refractivity contribution < 1.29 is 4.79 Å². The van der Waals surface area contributed by atoms with Crippen LogP contribution in [0.2, 0.25) is 5.02 Å². The molecule has 1 aliphatic heterocycles. The number of amides is 1. The van der Waals surface area contributed by atoms with Crippen molar-refractivity contribution in [2.45, 2.75) is 12.8 Å². The summed E-state index contributed by atoms with van der Waals surface area (Å²) in [6, 6.07) is 14.0. The average molecular weight is 390 g/mol. The quantitative estimate of drug-likeness (QED) is 0.499. The van der Waals surface area contributed by atoms with E-state index in [1.54, 1.807) is 0 Å². The number of nitrogens with one attached hydrogen (secondary N) is 2. The molecule has 2 aromatic carbocycles. The van der Waals surface area contributed by atoms with Crippen LogP contribution in [0.3, 0.4) is 0 Å². The Balaban J connectivity index is 1.33. The number of hydrogen-bond donors (Lipinski definition) is 2. The number of aromatic amines is 2. The first-order valence-electron chi connectivity index (χ1n) is 9.48. The Hall–Kier alpha value is -2.98. The van der Waals surface area contributed by atoms with Crippen molar-refractivity contribution >= 4 is 44.9 Å². The van der Waals surface area contributed by atoms with Gasteiger partial charge in [-0.2, -0.15) is 0 Å². The third-order valence-electron chi connectivity index (χ3n) is 5.57. The monoisotopic (exact) mass is 389 g/mol. The second-order valence-corrected chi connectivity index (χ2v) is 7.68. The zero-order valence-corrected chi connectivity index (χ0v) is 16.1. The van der Waals surface area contributed by atoms with E-state index in [4.69, 9.17) is 11.6 Å². The van der Waals surface area contributed by atoms with Gasteiger partial charge in [0.2, 0.25) is 5.91 Å². The number of aromatic nitrogens is 2. The Morgan fingerprint density at radius 3 is 2.75 bits per heavy atom. The fourth-order valence-electron chi connectivity index (χ4n) is 4.06. The van der Waals surface area contributed by atoms with Gasteiger partial charge in [0, 0.05) is 57.9 Å². The maximum atomic E-state index is 12.8. The number of rotatable bonds is 3. The lowest BCUT2D eigenvalue weighted by molar-refractivity contribution is -0.130. The minimum absolute atomic E-state index is 0.172. The van der Waals surface area contributed by atoms with Crippen molar-refractivity contribution in [3.8, 4) is 0 Å². The summed E-state index contributed by atoms with van der Waals surface area (Å²) in [5, 5.41) is 3.03. The lowest BCUT2D eigenvalue weighted by Gasteiger charge is -2.26. The van der Waals surface area contributed by atoms with Gasteiger partial charge in [-0.25, -0.2) is 0 Å². The summed E-state index contributed by atoms with van der Waals surface area (Å²) < 4.78 is 0. The van der Waals surface area contributed by atoms with Gasteiger partial charge in [0.1, 0.15) is 0 Å². The van der Waals surface area contributed by atoms with Gasteiger partial charge in [0.05, 0.1) is 6.42 Å². The molecule has 5 rings (SSSR count). The maximum Gasteiger partial charge on any atom is 0.227 e. The van der Waals surface area contributed by atoms with E-state index in [9.17, 15) is 4.79 Å². The van der Waals surface area contributed by atoms with Crippen molar-refractivity contribution in [2.24, 2.45) is 0 Å². The van der Waals surface area contributed by atoms with Crippen molar-refractivity contribution in [1.29, 1.82) is 0 Å². The summed E-state index contributed by atoms with van der Waals surface area (Å²) in [6.07, 6.45) is 7.45. The van der Waals surface area contributed by atoms with Crippen molar-refractivity contribution in [3.63, 3.8) is 0 Å². The van der Waals surface area contributed by atoms with E-state index in [0.717, 1.165) is 40.0 Å². The third-order valence-corrected chi connectivity index (χ3v) is 5.80. The Kier molecular flexibility index (Phi) is 4.21. The van der Waals surface area contributed by atoms with Gasteiger partial charge < -0.3 is 14.9 Å². The second-order valence-electron chi connectivity index (χ2n) is 7.25. The molecule has 0 fully saturated rings. The van der Waals surface area contributed by atoms with E-state index in [1.807, 2.05) is 47.6 Å². The van der Waals surface area contributed by atoms with Crippen molar-refractivity contribution in [1.82, 2.24) is 14.9 Å². The molecular formula is C23H20ClN3O. The summed E-state index contributed by atoms with van der Waals surface area (Å²) in [5.74, 6) is 0.172. The topological polar surface area (TPSA) is 51.9 Å². The molecule has 0 atom stereocenters. The lowest BCUT2D eigenvalue weighted by atomic mass is 9.98. The number of para-hydroxylation sites is 1. The third kappa shape index (κ3) is 3.00. The highest BCUT2D eigenvalue weighted by Crippen LogP contribution is 2.31. The van der Waals surface area contributed by atoms with E-state index >= 15 is 0 Å². The van der Waals surface area contributed by atoms with E-state index in [1.165, 1.54) is 16.5 Å². The van der Waals surface area contributed by atoms with Crippen LogP contribution in [-0.4, -0.2) is 33.9 Å². The molecule has 0 aliphatic carbocycles. The molecule has 0 spiro atoms. The Morgan fingerprint density at radius 1 is 1.04 bits per heavy atom. The molecule has 5 heteroatoms. The SMILES string of the molecule is O=C(Cc1c[nH]c2ccccc12)N1CC=C(c2c[nH]c3cc(Cl)ccc23)CC1. The van der Waals surface area contributed by atoms with Crippen LogP contribution >= 0.6 is 11.6 Å². The Bertz CT molecular complexity index is 1220. The highest BCUT2D eigenvalue weighted by atomic mass is 35.5. The number of fused-ring (bicyclic) bond motifs is 2. The maximum absolute atomic E-state index is 12.8. The standard InChI is InChI=1S/C23H20ClN3O/c24-17-5-6-19-20(14-26-22(19)12-17)15-7-9-27(10-8-15)23(28)11-16-13-25-21-4-2-1-3-18(16)21/h1-7,12-14,25-26H,8-11H2. The Labute approximate surface area is 167 Å². The van der Waals surface area contributed by atoms with Crippen LogP contribution in [0.5, 0.6) is 0 Å². The Morgan fingerprint density at radius 2 is 1.89 bits per heavy atom. The van der Waals surface area contributed by atoms with Crippen LogP contribution in [-0.2, 0) is 11.2 Å². The summed E-state index contributed by atoms with van der Waals surface area (Å²) in [5.41, 5.74) is 5.66. The summed E-state index contributed by atoms with van der Waals surface area (Å²) in [7, 11) is 0. The van der Waals surface area contributed by atoms with Gasteiger partial charge in [-0.1, -0.05) is 41.9 Å². The van der Waals surface area contributed by atoms with Gasteiger partial charge in [0.25, 0.3) is 0 Å². The molecule has 1 amide bonds. The fourth-order valence-corrected chi connectivity index (χ4v) is 4.23. The molecule has 4 nitrogen and oxygen atoms in total. The highest BCUT2D eigenvalue weighted by molar-refractivity contribution is 6.31. The second kappa shape index (κ2) is 6.88. The number of halogens is 1. The zero-order valence-electron chi connectivity index (χ0n) is 15.3. The van der Waals surface area contributed by atoms with Crippen LogP contribution in [0.15, 0.2) is 60.9 Å². The van der Waals surface area contributed by atoms with Crippen molar-refractivity contribution in [3.05, 3.63) is 77.1 Å². The number of benzene rings is 2. The molecule has 0 bridgehead atoms. The molecule has 2 aromatic heterocycles. The predicted molar refractivity (Wildman–Crippen MR) is 114 cm³/mol. The van der Waals surface area contributed by atoms with Crippen LogP contribution in [0.25, 0.3) is 27.4 Å². The average Bonchev–Trinajstić information content (AvgIpc) is 3.32. The van der Waals surface area contributed by atoms with E-state index in [2.05, 4.69) is 28.2 Å². The molecule has 0 saturated carbocycles. The molecule has 2 N–H and O–H groups in total. The first-order valence-corrected chi connectivity index (χ1v) is 9.85. The number of H-pyrrole nitrogens is 2. The summed E-state index contributed by atoms with van der Waals surface area (Å²) in [6.45, 7) is 1.39. The number of hydrogen-bond acceptors (Lipinski definition) is 1. The number of carbonyl (C=O) groups excluding carboxylic acids is 1. The molecule has 1 aliphatic rings. The molecule has 0 unspecified atom stereocenters. The zero-order chi connectivity index (χ0) is 19.1. The molecular weight excluding hydrogens is 370 g/mol.